The van der Waals surface area contributed by atoms with Crippen molar-refractivity contribution in [3.05, 3.63) is 28.2 Å². The molecule has 0 aliphatic rings. The lowest BCUT2D eigenvalue weighted by Gasteiger charge is -2.06. The van der Waals surface area contributed by atoms with Crippen LogP contribution in [0.2, 0.25) is 0 Å². The van der Waals surface area contributed by atoms with E-state index in [4.69, 9.17) is 0 Å². The van der Waals surface area contributed by atoms with Gasteiger partial charge in [0.25, 0.3) is 0 Å². The number of anilines is 1. The van der Waals surface area contributed by atoms with E-state index in [2.05, 4.69) is 26.0 Å². The average molecular weight is 258 g/mol. The SMILES string of the molecule is COC(=O)c1cc(Br)ccc1NC=O. The molecule has 0 unspecified atom stereocenters. The Kier molecular flexibility index (Phi) is 3.64. The molecule has 0 radical (unpaired) electrons. The van der Waals surface area contributed by atoms with Crippen molar-refractivity contribution in [2.75, 3.05) is 12.4 Å². The summed E-state index contributed by atoms with van der Waals surface area (Å²) in [5.74, 6) is -0.490. The summed E-state index contributed by atoms with van der Waals surface area (Å²) in [5, 5.41) is 2.42. The third kappa shape index (κ3) is 2.32. The van der Waals surface area contributed by atoms with Crippen LogP contribution in [0.1, 0.15) is 10.4 Å². The summed E-state index contributed by atoms with van der Waals surface area (Å²) in [4.78, 5) is 21.5. The molecule has 0 heterocycles. The maximum absolute atomic E-state index is 11.3. The van der Waals surface area contributed by atoms with Crippen LogP contribution in [-0.4, -0.2) is 19.5 Å². The van der Waals surface area contributed by atoms with Gasteiger partial charge in [-0.2, -0.15) is 0 Å². The largest absolute Gasteiger partial charge is 0.465 e. The molecular weight excluding hydrogens is 250 g/mol. The zero-order chi connectivity index (χ0) is 10.6. The minimum absolute atomic E-state index is 0.314. The molecule has 0 saturated carbocycles. The lowest BCUT2D eigenvalue weighted by molar-refractivity contribution is -0.105. The molecular formula is C9H8BrNO3. The highest BCUT2D eigenvalue weighted by molar-refractivity contribution is 9.10. The second-order valence-electron chi connectivity index (χ2n) is 2.44. The molecule has 0 aliphatic carbocycles. The van der Waals surface area contributed by atoms with E-state index >= 15 is 0 Å². The van der Waals surface area contributed by atoms with Gasteiger partial charge >= 0.3 is 5.97 Å². The van der Waals surface area contributed by atoms with Crippen molar-refractivity contribution in [3.8, 4) is 0 Å². The van der Waals surface area contributed by atoms with Crippen LogP contribution in [-0.2, 0) is 9.53 Å². The van der Waals surface area contributed by atoms with Crippen LogP contribution in [0, 0.1) is 0 Å². The van der Waals surface area contributed by atoms with E-state index < -0.39 is 5.97 Å². The highest BCUT2D eigenvalue weighted by atomic mass is 79.9. The topological polar surface area (TPSA) is 55.4 Å². The van der Waals surface area contributed by atoms with Crippen LogP contribution in [0.3, 0.4) is 0 Å². The Hall–Kier alpha value is -1.36. The van der Waals surface area contributed by atoms with E-state index in [9.17, 15) is 9.59 Å². The van der Waals surface area contributed by atoms with Crippen molar-refractivity contribution in [2.45, 2.75) is 0 Å². The van der Waals surface area contributed by atoms with Crippen LogP contribution in [0.5, 0.6) is 0 Å². The zero-order valence-corrected chi connectivity index (χ0v) is 9.00. The van der Waals surface area contributed by atoms with Gasteiger partial charge in [0.1, 0.15) is 0 Å². The van der Waals surface area contributed by atoms with E-state index in [1.165, 1.54) is 7.11 Å². The summed E-state index contributed by atoms with van der Waals surface area (Å²) >= 11 is 3.22. The van der Waals surface area contributed by atoms with Gasteiger partial charge in [-0.3, -0.25) is 4.79 Å². The number of halogens is 1. The van der Waals surface area contributed by atoms with Gasteiger partial charge in [-0.25, -0.2) is 4.79 Å². The standard InChI is InChI=1S/C9H8BrNO3/c1-14-9(13)7-4-6(10)2-3-8(7)11-5-12/h2-5H,1H3,(H,11,12). The Balaban J connectivity index is 3.14. The molecule has 0 spiro atoms. The molecule has 0 atom stereocenters. The average Bonchev–Trinajstić information content (AvgIpc) is 2.20. The van der Waals surface area contributed by atoms with Crippen molar-refractivity contribution >= 4 is 34.0 Å². The van der Waals surface area contributed by atoms with E-state index in [-0.39, 0.29) is 0 Å². The van der Waals surface area contributed by atoms with Gasteiger partial charge in [-0.05, 0) is 18.2 Å². The Morgan fingerprint density at radius 2 is 2.29 bits per heavy atom. The molecule has 0 aliphatic heterocycles. The maximum Gasteiger partial charge on any atom is 0.340 e. The summed E-state index contributed by atoms with van der Waals surface area (Å²) in [7, 11) is 1.29. The Bertz CT molecular complexity index is 365. The molecule has 1 N–H and O–H groups in total. The van der Waals surface area contributed by atoms with Crippen LogP contribution < -0.4 is 5.32 Å². The number of hydrogen-bond acceptors (Lipinski definition) is 3. The zero-order valence-electron chi connectivity index (χ0n) is 7.41. The number of nitrogens with one attached hydrogen (secondary N) is 1. The van der Waals surface area contributed by atoms with Gasteiger partial charge in [0.2, 0.25) is 6.41 Å². The van der Waals surface area contributed by atoms with Gasteiger partial charge < -0.3 is 10.1 Å². The maximum atomic E-state index is 11.3. The van der Waals surface area contributed by atoms with Crippen molar-refractivity contribution < 1.29 is 14.3 Å². The number of benzene rings is 1. The normalized spacial score (nSPS) is 9.29. The van der Waals surface area contributed by atoms with Gasteiger partial charge in [0.15, 0.2) is 0 Å². The lowest BCUT2D eigenvalue weighted by atomic mass is 10.2. The fraction of sp³-hybridized carbons (Fsp3) is 0.111. The van der Waals surface area contributed by atoms with E-state index in [1.807, 2.05) is 0 Å². The summed E-state index contributed by atoms with van der Waals surface area (Å²) in [5.41, 5.74) is 0.740. The molecule has 14 heavy (non-hydrogen) atoms. The van der Waals surface area contributed by atoms with Crippen LogP contribution >= 0.6 is 15.9 Å². The van der Waals surface area contributed by atoms with Gasteiger partial charge in [0, 0.05) is 4.47 Å². The van der Waals surface area contributed by atoms with Crippen LogP contribution in [0.25, 0.3) is 0 Å². The second-order valence-corrected chi connectivity index (χ2v) is 3.36. The fourth-order valence-electron chi connectivity index (χ4n) is 0.985. The first kappa shape index (κ1) is 10.7. The predicted molar refractivity (Wildman–Crippen MR) is 55.2 cm³/mol. The van der Waals surface area contributed by atoms with Crippen molar-refractivity contribution in [1.82, 2.24) is 0 Å². The summed E-state index contributed by atoms with van der Waals surface area (Å²) in [6.45, 7) is 0. The molecule has 0 fully saturated rings. The molecule has 1 rings (SSSR count). The number of methoxy groups -OCH3 is 1. The molecule has 74 valence electrons. The van der Waals surface area contributed by atoms with E-state index in [0.717, 1.165) is 4.47 Å². The lowest BCUT2D eigenvalue weighted by Crippen LogP contribution is -2.06. The first-order valence-electron chi connectivity index (χ1n) is 3.77. The Morgan fingerprint density at radius 1 is 1.57 bits per heavy atom. The molecule has 1 aromatic rings. The number of carbonyl (C=O) groups is 2. The Morgan fingerprint density at radius 3 is 2.86 bits per heavy atom. The van der Waals surface area contributed by atoms with Crippen LogP contribution in [0.4, 0.5) is 5.69 Å². The van der Waals surface area contributed by atoms with Crippen molar-refractivity contribution in [1.29, 1.82) is 0 Å². The van der Waals surface area contributed by atoms with Crippen molar-refractivity contribution in [3.63, 3.8) is 0 Å². The van der Waals surface area contributed by atoms with Gasteiger partial charge in [-0.15, -0.1) is 0 Å². The summed E-state index contributed by atoms with van der Waals surface area (Å²) in [6, 6.07) is 4.92. The number of amides is 1. The van der Waals surface area contributed by atoms with Crippen molar-refractivity contribution in [2.24, 2.45) is 0 Å². The molecule has 0 aromatic heterocycles. The van der Waals surface area contributed by atoms with E-state index in [0.29, 0.717) is 17.7 Å². The summed E-state index contributed by atoms with van der Waals surface area (Å²) in [6.07, 6.45) is 0.510. The third-order valence-corrected chi connectivity index (χ3v) is 2.09. The number of carbonyl (C=O) groups excluding carboxylic acids is 2. The summed E-state index contributed by atoms with van der Waals surface area (Å²) < 4.78 is 5.31. The number of esters is 1. The minimum Gasteiger partial charge on any atom is -0.465 e. The predicted octanol–water partition coefficient (Wildman–Crippen LogP) is 1.80. The second kappa shape index (κ2) is 4.76. The monoisotopic (exact) mass is 257 g/mol. The first-order chi connectivity index (χ1) is 6.69. The highest BCUT2D eigenvalue weighted by Gasteiger charge is 2.11. The number of ether oxygens (including phenoxy) is 1. The molecule has 0 bridgehead atoms. The van der Waals surface area contributed by atoms with E-state index in [1.54, 1.807) is 18.2 Å². The quantitative estimate of drug-likeness (QED) is 0.664. The number of rotatable bonds is 3. The number of hydrogen-bond donors (Lipinski definition) is 1. The minimum atomic E-state index is -0.490. The molecule has 1 amide bonds. The smallest absolute Gasteiger partial charge is 0.340 e. The molecule has 4 nitrogen and oxygen atoms in total. The van der Waals surface area contributed by atoms with Gasteiger partial charge in [0.05, 0.1) is 18.4 Å². The first-order valence-corrected chi connectivity index (χ1v) is 4.56. The molecule has 0 saturated heterocycles. The van der Waals surface area contributed by atoms with Gasteiger partial charge in [-0.1, -0.05) is 15.9 Å². The third-order valence-electron chi connectivity index (χ3n) is 1.60. The molecule has 1 aromatic carbocycles. The fourth-order valence-corrected chi connectivity index (χ4v) is 1.35. The Labute approximate surface area is 89.4 Å². The molecule has 5 heteroatoms. The highest BCUT2D eigenvalue weighted by Crippen LogP contribution is 2.21. The van der Waals surface area contributed by atoms with Crippen LogP contribution in [0.15, 0.2) is 22.7 Å².